The van der Waals surface area contributed by atoms with Crippen LogP contribution in [0.1, 0.15) is 36.0 Å². The SMILES string of the molecule is O=C(O)Cc1ccc(CC(NCc2ccc(N3CCCCC3)cc2)C(=O)O)cc1. The summed E-state index contributed by atoms with van der Waals surface area (Å²) in [7, 11) is 0. The van der Waals surface area contributed by atoms with E-state index in [2.05, 4.69) is 34.5 Å². The van der Waals surface area contributed by atoms with Crippen molar-refractivity contribution < 1.29 is 19.8 Å². The lowest BCUT2D eigenvalue weighted by molar-refractivity contribution is -0.139. The van der Waals surface area contributed by atoms with Crippen molar-refractivity contribution in [3.8, 4) is 0 Å². The molecule has 2 aromatic rings. The summed E-state index contributed by atoms with van der Waals surface area (Å²) in [5.74, 6) is -1.78. The molecule has 3 N–H and O–H groups in total. The quantitative estimate of drug-likeness (QED) is 0.604. The van der Waals surface area contributed by atoms with Gasteiger partial charge in [0.1, 0.15) is 6.04 Å². The fourth-order valence-corrected chi connectivity index (χ4v) is 3.67. The Balaban J connectivity index is 1.55. The van der Waals surface area contributed by atoms with E-state index in [9.17, 15) is 14.7 Å². The predicted molar refractivity (Wildman–Crippen MR) is 112 cm³/mol. The average molecular weight is 396 g/mol. The third-order valence-corrected chi connectivity index (χ3v) is 5.33. The summed E-state index contributed by atoms with van der Waals surface area (Å²) in [5, 5.41) is 21.5. The molecule has 1 saturated heterocycles. The second kappa shape index (κ2) is 10.1. The molecule has 1 aliphatic heterocycles. The fraction of sp³-hybridized carbons (Fsp3) is 0.391. The molecule has 1 fully saturated rings. The Labute approximate surface area is 171 Å². The molecule has 2 aromatic carbocycles. The summed E-state index contributed by atoms with van der Waals surface area (Å²) >= 11 is 0. The standard InChI is InChI=1S/C23H28N2O4/c26-22(27)15-18-6-4-17(5-7-18)14-21(23(28)29)24-16-19-8-10-20(11-9-19)25-12-2-1-3-13-25/h4-11,21,24H,1-3,12-16H2,(H,26,27)(H,28,29). The van der Waals surface area contributed by atoms with Gasteiger partial charge in [-0.3, -0.25) is 9.59 Å². The first kappa shape index (κ1) is 20.9. The zero-order valence-electron chi connectivity index (χ0n) is 16.5. The number of carboxylic acids is 2. The summed E-state index contributed by atoms with van der Waals surface area (Å²) < 4.78 is 0. The van der Waals surface area contributed by atoms with Crippen LogP contribution in [0.4, 0.5) is 5.69 Å². The average Bonchev–Trinajstić information content (AvgIpc) is 2.73. The molecule has 3 rings (SSSR count). The first-order valence-electron chi connectivity index (χ1n) is 10.1. The molecule has 1 heterocycles. The molecule has 0 radical (unpaired) electrons. The van der Waals surface area contributed by atoms with Crippen molar-refractivity contribution in [2.45, 2.75) is 44.7 Å². The normalized spacial score (nSPS) is 15.1. The van der Waals surface area contributed by atoms with E-state index in [4.69, 9.17) is 5.11 Å². The van der Waals surface area contributed by atoms with Gasteiger partial charge in [-0.25, -0.2) is 0 Å². The molecule has 0 aliphatic carbocycles. The van der Waals surface area contributed by atoms with E-state index in [0.29, 0.717) is 18.5 Å². The number of nitrogens with zero attached hydrogens (tertiary/aromatic N) is 1. The van der Waals surface area contributed by atoms with Gasteiger partial charge < -0.3 is 20.4 Å². The molecule has 0 bridgehead atoms. The number of hydrogen-bond acceptors (Lipinski definition) is 4. The van der Waals surface area contributed by atoms with Crippen LogP contribution in [0.5, 0.6) is 0 Å². The zero-order chi connectivity index (χ0) is 20.6. The second-order valence-electron chi connectivity index (χ2n) is 7.58. The fourth-order valence-electron chi connectivity index (χ4n) is 3.67. The van der Waals surface area contributed by atoms with Gasteiger partial charge in [-0.15, -0.1) is 0 Å². The van der Waals surface area contributed by atoms with Crippen LogP contribution in [0.15, 0.2) is 48.5 Å². The first-order valence-corrected chi connectivity index (χ1v) is 10.1. The number of anilines is 1. The van der Waals surface area contributed by atoms with Gasteiger partial charge in [0.25, 0.3) is 0 Å². The highest BCUT2D eigenvalue weighted by Crippen LogP contribution is 2.20. The highest BCUT2D eigenvalue weighted by atomic mass is 16.4. The summed E-state index contributed by atoms with van der Waals surface area (Å²) in [4.78, 5) is 24.8. The highest BCUT2D eigenvalue weighted by molar-refractivity contribution is 5.74. The molecule has 29 heavy (non-hydrogen) atoms. The van der Waals surface area contributed by atoms with E-state index in [1.54, 1.807) is 24.3 Å². The maximum Gasteiger partial charge on any atom is 0.321 e. The number of benzene rings is 2. The third kappa shape index (κ3) is 6.32. The summed E-state index contributed by atoms with van der Waals surface area (Å²) in [6.07, 6.45) is 4.09. The molecule has 154 valence electrons. The Kier molecular flexibility index (Phi) is 7.25. The van der Waals surface area contributed by atoms with Crippen molar-refractivity contribution in [3.05, 3.63) is 65.2 Å². The minimum atomic E-state index is -0.899. The van der Waals surface area contributed by atoms with E-state index in [1.165, 1.54) is 24.9 Å². The first-order chi connectivity index (χ1) is 14.0. The van der Waals surface area contributed by atoms with Crippen molar-refractivity contribution in [1.29, 1.82) is 0 Å². The van der Waals surface area contributed by atoms with Crippen molar-refractivity contribution in [1.82, 2.24) is 5.32 Å². The number of piperidine rings is 1. The number of rotatable bonds is 9. The van der Waals surface area contributed by atoms with Gasteiger partial charge in [-0.1, -0.05) is 36.4 Å². The van der Waals surface area contributed by atoms with E-state index in [1.807, 2.05) is 0 Å². The Bertz CT molecular complexity index is 812. The Morgan fingerprint density at radius 2 is 1.45 bits per heavy atom. The number of carboxylic acid groups (broad SMARTS) is 2. The molecule has 6 nitrogen and oxygen atoms in total. The number of carbonyl (C=O) groups is 2. The van der Waals surface area contributed by atoms with E-state index in [0.717, 1.165) is 24.2 Å². The topological polar surface area (TPSA) is 89.9 Å². The van der Waals surface area contributed by atoms with Crippen LogP contribution in [-0.2, 0) is 29.0 Å². The largest absolute Gasteiger partial charge is 0.481 e. The van der Waals surface area contributed by atoms with Crippen LogP contribution in [-0.4, -0.2) is 41.3 Å². The van der Waals surface area contributed by atoms with Crippen LogP contribution in [0.3, 0.4) is 0 Å². The molecule has 0 spiro atoms. The lowest BCUT2D eigenvalue weighted by Crippen LogP contribution is -2.38. The van der Waals surface area contributed by atoms with Crippen molar-refractivity contribution >= 4 is 17.6 Å². The Morgan fingerprint density at radius 3 is 2.03 bits per heavy atom. The highest BCUT2D eigenvalue weighted by Gasteiger charge is 2.18. The molecular weight excluding hydrogens is 368 g/mol. The molecule has 0 aromatic heterocycles. The van der Waals surface area contributed by atoms with Crippen LogP contribution >= 0.6 is 0 Å². The molecule has 0 saturated carbocycles. The molecular formula is C23H28N2O4. The van der Waals surface area contributed by atoms with Crippen LogP contribution in [0.25, 0.3) is 0 Å². The third-order valence-electron chi connectivity index (χ3n) is 5.33. The maximum absolute atomic E-state index is 11.7. The lowest BCUT2D eigenvalue weighted by Gasteiger charge is -2.29. The van der Waals surface area contributed by atoms with Crippen molar-refractivity contribution in [2.75, 3.05) is 18.0 Å². The van der Waals surface area contributed by atoms with Crippen molar-refractivity contribution in [2.24, 2.45) is 0 Å². The molecule has 0 amide bonds. The Morgan fingerprint density at radius 1 is 0.862 bits per heavy atom. The van der Waals surface area contributed by atoms with Gasteiger partial charge >= 0.3 is 11.9 Å². The lowest BCUT2D eigenvalue weighted by atomic mass is 10.0. The van der Waals surface area contributed by atoms with Gasteiger partial charge in [0, 0.05) is 25.3 Å². The van der Waals surface area contributed by atoms with Crippen LogP contribution in [0, 0.1) is 0 Å². The molecule has 1 unspecified atom stereocenters. The van der Waals surface area contributed by atoms with Gasteiger partial charge in [-0.05, 0) is 54.5 Å². The van der Waals surface area contributed by atoms with Gasteiger partial charge in [0.15, 0.2) is 0 Å². The van der Waals surface area contributed by atoms with Gasteiger partial charge in [0.05, 0.1) is 6.42 Å². The minimum Gasteiger partial charge on any atom is -0.481 e. The number of hydrogen-bond donors (Lipinski definition) is 3. The van der Waals surface area contributed by atoms with E-state index >= 15 is 0 Å². The number of nitrogens with one attached hydrogen (secondary N) is 1. The molecule has 1 atom stereocenters. The summed E-state index contributed by atoms with van der Waals surface area (Å²) in [5.41, 5.74) is 3.84. The van der Waals surface area contributed by atoms with Crippen LogP contribution < -0.4 is 10.2 Å². The predicted octanol–water partition coefficient (Wildman–Crippen LogP) is 3.09. The van der Waals surface area contributed by atoms with Gasteiger partial charge in [-0.2, -0.15) is 0 Å². The van der Waals surface area contributed by atoms with E-state index < -0.39 is 18.0 Å². The second-order valence-corrected chi connectivity index (χ2v) is 7.58. The summed E-state index contributed by atoms with van der Waals surface area (Å²) in [6.45, 7) is 2.68. The minimum absolute atomic E-state index is 0.0334. The number of aliphatic carboxylic acids is 2. The monoisotopic (exact) mass is 396 g/mol. The van der Waals surface area contributed by atoms with Crippen molar-refractivity contribution in [3.63, 3.8) is 0 Å². The van der Waals surface area contributed by atoms with Crippen LogP contribution in [0.2, 0.25) is 0 Å². The maximum atomic E-state index is 11.7. The Hall–Kier alpha value is -2.86. The molecule has 6 heteroatoms. The van der Waals surface area contributed by atoms with E-state index in [-0.39, 0.29) is 6.42 Å². The zero-order valence-corrected chi connectivity index (χ0v) is 16.5. The summed E-state index contributed by atoms with van der Waals surface area (Å²) in [6, 6.07) is 14.7. The molecule has 1 aliphatic rings. The van der Waals surface area contributed by atoms with Gasteiger partial charge in [0.2, 0.25) is 0 Å². The smallest absolute Gasteiger partial charge is 0.321 e.